The topological polar surface area (TPSA) is 34.1 Å². The summed E-state index contributed by atoms with van der Waals surface area (Å²) in [6.45, 7) is 0.937. The largest absolute Gasteiger partial charge is 0.497 e. The Morgan fingerprint density at radius 2 is 1.32 bits per heavy atom. The normalized spacial score (nSPS) is 11.5. The lowest BCUT2D eigenvalue weighted by atomic mass is 10.1. The van der Waals surface area contributed by atoms with Crippen LogP contribution in [0, 0.1) is 0 Å². The van der Waals surface area contributed by atoms with Gasteiger partial charge in [-0.25, -0.2) is 4.99 Å². The average molecular weight is 666 g/mol. The van der Waals surface area contributed by atoms with E-state index in [1.807, 2.05) is 78.9 Å². The van der Waals surface area contributed by atoms with Crippen LogP contribution in [0.2, 0.25) is 5.02 Å². The molecule has 0 N–H and O–H groups in total. The number of aliphatic imine (C=N–C) groups is 1. The zero-order valence-electron chi connectivity index (χ0n) is 22.4. The number of thioether (sulfide) groups is 1. The van der Waals surface area contributed by atoms with Gasteiger partial charge in [0.05, 0.1) is 30.5 Å². The molecule has 4 rings (SSSR count). The van der Waals surface area contributed by atoms with Crippen LogP contribution in [-0.2, 0) is 25.0 Å². The first-order valence-electron chi connectivity index (χ1n) is 12.4. The molecule has 0 amide bonds. The molecule has 0 aliphatic rings. The lowest BCUT2D eigenvalue weighted by molar-refractivity contribution is -0.137. The van der Waals surface area contributed by atoms with Gasteiger partial charge in [-0.3, -0.25) is 0 Å². The fourth-order valence-corrected chi connectivity index (χ4v) is 5.12. The van der Waals surface area contributed by atoms with E-state index in [4.69, 9.17) is 26.1 Å². The van der Waals surface area contributed by atoms with Crippen molar-refractivity contribution in [3.63, 3.8) is 0 Å². The Morgan fingerprint density at radius 1 is 0.780 bits per heavy atom. The van der Waals surface area contributed by atoms with Gasteiger partial charge < -0.3 is 14.4 Å². The smallest absolute Gasteiger partial charge is 0.417 e. The summed E-state index contributed by atoms with van der Waals surface area (Å²) >= 11 is 7.34. The Balaban J connectivity index is 0.00000462. The van der Waals surface area contributed by atoms with Gasteiger partial charge in [0.25, 0.3) is 0 Å². The molecule has 0 fully saturated rings. The van der Waals surface area contributed by atoms with Crippen LogP contribution in [0.5, 0.6) is 11.5 Å². The summed E-state index contributed by atoms with van der Waals surface area (Å²) in [6.07, 6.45) is -4.59. The van der Waals surface area contributed by atoms with Gasteiger partial charge in [-0.1, -0.05) is 78.0 Å². The molecular weight excluding hydrogens is 637 g/mol. The predicted molar refractivity (Wildman–Crippen MR) is 167 cm³/mol. The van der Waals surface area contributed by atoms with E-state index >= 15 is 0 Å². The highest BCUT2D eigenvalue weighted by atomic mass is 79.9. The number of ether oxygens (including phenoxy) is 2. The van der Waals surface area contributed by atoms with Crippen LogP contribution in [-0.4, -0.2) is 24.3 Å². The van der Waals surface area contributed by atoms with Gasteiger partial charge in [-0.15, -0.1) is 17.0 Å². The highest BCUT2D eigenvalue weighted by Gasteiger charge is 2.33. The Hall–Kier alpha value is -3.14. The molecule has 0 heterocycles. The predicted octanol–water partition coefficient (Wildman–Crippen LogP) is 9.58. The van der Waals surface area contributed by atoms with Crippen LogP contribution in [0.15, 0.2) is 102 Å². The summed E-state index contributed by atoms with van der Waals surface area (Å²) in [5, 5.41) is 0.212. The molecule has 0 aliphatic carbocycles. The third-order valence-electron chi connectivity index (χ3n) is 6.03. The molecule has 0 saturated carbocycles. The average Bonchev–Trinajstić information content (AvgIpc) is 2.96. The zero-order valence-corrected chi connectivity index (χ0v) is 25.7. The summed E-state index contributed by atoms with van der Waals surface area (Å²) in [4.78, 5) is 6.80. The second-order valence-corrected chi connectivity index (χ2v) is 10.2. The van der Waals surface area contributed by atoms with Crippen LogP contribution in [0.4, 0.5) is 18.9 Å². The Bertz CT molecular complexity index is 1370. The third-order valence-corrected chi connectivity index (χ3v) is 7.44. The molecule has 0 spiro atoms. The molecule has 0 unspecified atom stereocenters. The summed E-state index contributed by atoms with van der Waals surface area (Å²) in [5.41, 5.74) is 2.31. The third kappa shape index (κ3) is 9.45. The van der Waals surface area contributed by atoms with E-state index in [1.165, 1.54) is 23.9 Å². The Morgan fingerprint density at radius 3 is 1.80 bits per heavy atom. The van der Waals surface area contributed by atoms with Crippen LogP contribution in [0.25, 0.3) is 0 Å². The highest BCUT2D eigenvalue weighted by molar-refractivity contribution is 8.93. The molecule has 10 heteroatoms. The first-order chi connectivity index (χ1) is 19.2. The van der Waals surface area contributed by atoms with Gasteiger partial charge in [0.2, 0.25) is 0 Å². The summed E-state index contributed by atoms with van der Waals surface area (Å²) in [5.74, 6) is 2.05. The second kappa shape index (κ2) is 15.2. The second-order valence-electron chi connectivity index (χ2n) is 8.88. The molecule has 0 bridgehead atoms. The molecule has 0 atom stereocenters. The highest BCUT2D eigenvalue weighted by Crippen LogP contribution is 2.37. The van der Waals surface area contributed by atoms with E-state index in [1.54, 1.807) is 14.2 Å². The van der Waals surface area contributed by atoms with Gasteiger partial charge in [0.1, 0.15) is 11.5 Å². The number of rotatable bonds is 9. The number of hydrogen-bond donors (Lipinski definition) is 0. The monoisotopic (exact) mass is 664 g/mol. The fraction of sp³-hybridized carbons (Fsp3) is 0.194. The number of benzene rings is 4. The molecule has 41 heavy (non-hydrogen) atoms. The first kappa shape index (κ1) is 32.4. The van der Waals surface area contributed by atoms with Gasteiger partial charge in [0.15, 0.2) is 5.17 Å². The summed E-state index contributed by atoms with van der Waals surface area (Å²) in [6, 6.07) is 28.9. The Labute approximate surface area is 257 Å². The van der Waals surface area contributed by atoms with E-state index < -0.39 is 11.7 Å². The zero-order chi connectivity index (χ0) is 28.5. The van der Waals surface area contributed by atoms with Crippen LogP contribution < -0.4 is 9.47 Å². The van der Waals surface area contributed by atoms with Crippen molar-refractivity contribution in [3.05, 3.63) is 124 Å². The SMILES string of the molecule is Br.COc1ccc(CN(Cc2ccc(OC)cc2)C(=Nc2ccc(Cl)c(C(F)(F)F)c2)SCc2ccccc2)cc1. The molecule has 216 valence electrons. The molecule has 4 aromatic carbocycles. The first-order valence-corrected chi connectivity index (χ1v) is 13.7. The van der Waals surface area contributed by atoms with Crippen molar-refractivity contribution in [1.29, 1.82) is 0 Å². The van der Waals surface area contributed by atoms with Crippen molar-refractivity contribution in [1.82, 2.24) is 4.90 Å². The minimum absolute atomic E-state index is 0. The van der Waals surface area contributed by atoms with Gasteiger partial charge in [-0.2, -0.15) is 13.2 Å². The van der Waals surface area contributed by atoms with Crippen molar-refractivity contribution in [2.75, 3.05) is 14.2 Å². The maximum absolute atomic E-state index is 13.6. The van der Waals surface area contributed by atoms with Crippen molar-refractivity contribution in [2.24, 2.45) is 4.99 Å². The molecule has 0 radical (unpaired) electrons. The Kier molecular flexibility index (Phi) is 12.0. The molecule has 4 nitrogen and oxygen atoms in total. The molecule has 0 aliphatic heterocycles. The van der Waals surface area contributed by atoms with Crippen LogP contribution in [0.3, 0.4) is 0 Å². The van der Waals surface area contributed by atoms with Crippen molar-refractivity contribution in [2.45, 2.75) is 25.0 Å². The van der Waals surface area contributed by atoms with E-state index in [9.17, 15) is 13.2 Å². The number of amidine groups is 1. The van der Waals surface area contributed by atoms with Gasteiger partial charge in [0, 0.05) is 18.8 Å². The van der Waals surface area contributed by atoms with Gasteiger partial charge in [-0.05, 0) is 59.2 Å². The number of hydrogen-bond acceptors (Lipinski definition) is 4. The molecule has 4 aromatic rings. The standard InChI is InChI=1S/C31H28ClF3N2O2S.BrH/c1-38-26-13-8-22(9-14-26)19-37(20-23-10-15-27(39-2)16-11-23)30(40-21-24-6-4-3-5-7-24)36-25-12-17-29(32)28(18-25)31(33,34)35;/h3-18H,19-21H2,1-2H3;1H. The summed E-state index contributed by atoms with van der Waals surface area (Å²) < 4.78 is 51.5. The molecule has 0 saturated heterocycles. The number of nitrogens with zero attached hydrogens (tertiary/aromatic N) is 2. The van der Waals surface area contributed by atoms with Gasteiger partial charge >= 0.3 is 6.18 Å². The van der Waals surface area contributed by atoms with Crippen molar-refractivity contribution in [3.8, 4) is 11.5 Å². The maximum Gasteiger partial charge on any atom is 0.417 e. The molecular formula is C31H29BrClF3N2O2S. The number of halogens is 5. The quantitative estimate of drug-likeness (QED) is 0.132. The van der Waals surface area contributed by atoms with Crippen molar-refractivity contribution >= 4 is 51.2 Å². The van der Waals surface area contributed by atoms with Crippen molar-refractivity contribution < 1.29 is 22.6 Å². The maximum atomic E-state index is 13.6. The van der Waals surface area contributed by atoms with E-state index in [0.29, 0.717) is 24.0 Å². The lowest BCUT2D eigenvalue weighted by Gasteiger charge is -2.26. The minimum atomic E-state index is -4.59. The lowest BCUT2D eigenvalue weighted by Crippen LogP contribution is -2.28. The van der Waals surface area contributed by atoms with E-state index in [0.717, 1.165) is 34.3 Å². The number of alkyl halides is 3. The molecule has 0 aromatic heterocycles. The van der Waals surface area contributed by atoms with Crippen LogP contribution in [0.1, 0.15) is 22.3 Å². The fourth-order valence-electron chi connectivity index (χ4n) is 3.92. The minimum Gasteiger partial charge on any atom is -0.497 e. The van der Waals surface area contributed by atoms with E-state index in [-0.39, 0.29) is 27.7 Å². The number of methoxy groups -OCH3 is 2. The van der Waals surface area contributed by atoms with Crippen LogP contribution >= 0.6 is 40.3 Å². The van der Waals surface area contributed by atoms with E-state index in [2.05, 4.69) is 4.90 Å². The summed E-state index contributed by atoms with van der Waals surface area (Å²) in [7, 11) is 3.22.